The number of aryl methyl sites for hydroxylation is 2. The number of thiophene rings is 1. The lowest BCUT2D eigenvalue weighted by atomic mass is 10.2. The molecule has 0 aliphatic heterocycles. The van der Waals surface area contributed by atoms with E-state index < -0.39 is 0 Å². The lowest BCUT2D eigenvalue weighted by molar-refractivity contribution is 0.103. The van der Waals surface area contributed by atoms with Gasteiger partial charge in [-0.3, -0.25) is 9.48 Å². The molecule has 0 spiro atoms. The van der Waals surface area contributed by atoms with Gasteiger partial charge in [0.1, 0.15) is 10.6 Å². The minimum absolute atomic E-state index is 0.194. The Morgan fingerprint density at radius 1 is 1.09 bits per heavy atom. The number of benzene rings is 1. The molecule has 0 fully saturated rings. The molecule has 5 rings (SSSR count). The first-order valence-corrected chi connectivity index (χ1v) is 11.2. The highest BCUT2D eigenvalue weighted by molar-refractivity contribution is 7.20. The highest BCUT2D eigenvalue weighted by Gasteiger charge is 2.19. The van der Waals surface area contributed by atoms with Crippen LogP contribution in [0.3, 0.4) is 0 Å². The molecule has 1 amide bonds. The van der Waals surface area contributed by atoms with Crippen LogP contribution in [0.15, 0.2) is 60.8 Å². The molecule has 0 saturated heterocycles. The molecule has 0 radical (unpaired) electrons. The van der Waals surface area contributed by atoms with Crippen LogP contribution >= 0.6 is 22.9 Å². The number of pyridine rings is 1. The molecule has 5 aromatic rings. The smallest absolute Gasteiger partial charge is 0.266 e. The van der Waals surface area contributed by atoms with Crippen molar-refractivity contribution in [1.82, 2.24) is 24.5 Å². The number of fused-ring (bicyclic) bond motifs is 1. The highest BCUT2D eigenvalue weighted by Crippen LogP contribution is 2.30. The average molecular weight is 463 g/mol. The first-order valence-electron chi connectivity index (χ1n) is 9.99. The second kappa shape index (κ2) is 8.22. The number of halogens is 1. The summed E-state index contributed by atoms with van der Waals surface area (Å²) >= 11 is 7.42. The molecule has 7 nitrogen and oxygen atoms in total. The summed E-state index contributed by atoms with van der Waals surface area (Å²) in [5.74, 6) is 1.02. The van der Waals surface area contributed by atoms with Gasteiger partial charge in [0.15, 0.2) is 5.82 Å². The average Bonchev–Trinajstić information content (AvgIpc) is 3.46. The summed E-state index contributed by atoms with van der Waals surface area (Å²) in [5, 5.41) is 13.8. The van der Waals surface area contributed by atoms with Gasteiger partial charge in [-0.1, -0.05) is 29.8 Å². The zero-order chi connectivity index (χ0) is 22.2. The molecule has 0 saturated carbocycles. The summed E-state index contributed by atoms with van der Waals surface area (Å²) in [4.78, 5) is 19.0. The molecule has 0 aliphatic rings. The van der Waals surface area contributed by atoms with Gasteiger partial charge in [-0.15, -0.1) is 11.3 Å². The van der Waals surface area contributed by atoms with Gasteiger partial charge in [0.2, 0.25) is 0 Å². The molecular formula is C23H19ClN6OS. The monoisotopic (exact) mass is 462 g/mol. The van der Waals surface area contributed by atoms with Crippen LogP contribution < -0.4 is 5.32 Å². The highest BCUT2D eigenvalue weighted by atomic mass is 35.5. The lowest BCUT2D eigenvalue weighted by Crippen LogP contribution is -2.14. The normalized spacial score (nSPS) is 11.2. The van der Waals surface area contributed by atoms with Crippen molar-refractivity contribution in [2.24, 2.45) is 0 Å². The van der Waals surface area contributed by atoms with Crippen molar-refractivity contribution < 1.29 is 4.79 Å². The van der Waals surface area contributed by atoms with Gasteiger partial charge in [-0.2, -0.15) is 14.9 Å². The zero-order valence-corrected chi connectivity index (χ0v) is 19.0. The molecule has 0 bridgehead atoms. The second-order valence-corrected chi connectivity index (χ2v) is 8.89. The van der Waals surface area contributed by atoms with E-state index >= 15 is 0 Å². The first-order chi connectivity index (χ1) is 15.5. The lowest BCUT2D eigenvalue weighted by Gasteiger charge is -2.07. The number of carbonyl (C=O) groups is 1. The molecular weight excluding hydrogens is 444 g/mol. The van der Waals surface area contributed by atoms with E-state index in [4.69, 9.17) is 11.6 Å². The maximum absolute atomic E-state index is 13.1. The fraction of sp³-hybridized carbons (Fsp3) is 0.130. The third-order valence-corrected chi connectivity index (χ3v) is 6.42. The van der Waals surface area contributed by atoms with E-state index in [9.17, 15) is 4.79 Å². The summed E-state index contributed by atoms with van der Waals surface area (Å²) < 4.78 is 3.56. The van der Waals surface area contributed by atoms with Crippen molar-refractivity contribution >= 4 is 44.9 Å². The van der Waals surface area contributed by atoms with Crippen molar-refractivity contribution in [1.29, 1.82) is 0 Å². The SMILES string of the molecule is Cc1cc(NC(=O)c2cc3c(C)nn(Cc4ccc(Cl)cc4)c3s2)n(-c2ccccn2)n1. The number of amides is 1. The number of aromatic nitrogens is 5. The van der Waals surface area contributed by atoms with Gasteiger partial charge >= 0.3 is 0 Å². The molecule has 0 atom stereocenters. The Hall–Kier alpha value is -3.49. The van der Waals surface area contributed by atoms with E-state index in [0.29, 0.717) is 28.1 Å². The van der Waals surface area contributed by atoms with Gasteiger partial charge in [-0.25, -0.2) is 4.98 Å². The van der Waals surface area contributed by atoms with Crippen LogP contribution in [0.5, 0.6) is 0 Å². The summed E-state index contributed by atoms with van der Waals surface area (Å²) in [6.45, 7) is 4.44. The Labute approximate surface area is 193 Å². The summed E-state index contributed by atoms with van der Waals surface area (Å²) in [7, 11) is 0. The number of nitrogens with one attached hydrogen (secondary N) is 1. The van der Waals surface area contributed by atoms with E-state index in [1.54, 1.807) is 10.9 Å². The molecule has 32 heavy (non-hydrogen) atoms. The van der Waals surface area contributed by atoms with Crippen molar-refractivity contribution in [3.05, 3.63) is 87.6 Å². The van der Waals surface area contributed by atoms with Gasteiger partial charge in [-0.05, 0) is 49.7 Å². The molecule has 4 aromatic heterocycles. The maximum Gasteiger partial charge on any atom is 0.266 e. The molecule has 0 aliphatic carbocycles. The number of rotatable bonds is 5. The Balaban J connectivity index is 1.43. The van der Waals surface area contributed by atoms with E-state index in [1.165, 1.54) is 11.3 Å². The van der Waals surface area contributed by atoms with Crippen LogP contribution in [-0.2, 0) is 6.54 Å². The van der Waals surface area contributed by atoms with Crippen molar-refractivity contribution in [3.63, 3.8) is 0 Å². The molecule has 0 unspecified atom stereocenters. The van der Waals surface area contributed by atoms with E-state index in [1.807, 2.05) is 73.1 Å². The Morgan fingerprint density at radius 2 is 1.91 bits per heavy atom. The summed E-state index contributed by atoms with van der Waals surface area (Å²) in [6, 6.07) is 17.0. The topological polar surface area (TPSA) is 77.6 Å². The molecule has 1 aromatic carbocycles. The predicted molar refractivity (Wildman–Crippen MR) is 127 cm³/mol. The Morgan fingerprint density at radius 3 is 2.66 bits per heavy atom. The van der Waals surface area contributed by atoms with E-state index in [0.717, 1.165) is 27.2 Å². The van der Waals surface area contributed by atoms with Crippen molar-refractivity contribution in [3.8, 4) is 5.82 Å². The fourth-order valence-corrected chi connectivity index (χ4v) is 4.70. The summed E-state index contributed by atoms with van der Waals surface area (Å²) in [5.41, 5.74) is 2.77. The van der Waals surface area contributed by atoms with Crippen molar-refractivity contribution in [2.45, 2.75) is 20.4 Å². The number of carbonyl (C=O) groups excluding carboxylic acids is 1. The van der Waals surface area contributed by atoms with Crippen LogP contribution in [0.25, 0.3) is 16.0 Å². The minimum atomic E-state index is -0.194. The molecule has 4 heterocycles. The standard InChI is InChI=1S/C23H19ClN6OS/c1-14-11-21(30(27-14)20-5-3-4-10-25-20)26-22(31)19-12-18-15(2)28-29(23(18)32-19)13-16-6-8-17(24)9-7-16/h3-12H,13H2,1-2H3,(H,26,31). The third kappa shape index (κ3) is 3.90. The van der Waals surface area contributed by atoms with E-state index in [-0.39, 0.29) is 5.91 Å². The summed E-state index contributed by atoms with van der Waals surface area (Å²) in [6.07, 6.45) is 1.69. The number of nitrogens with zero attached hydrogens (tertiary/aromatic N) is 5. The quantitative estimate of drug-likeness (QED) is 0.387. The largest absolute Gasteiger partial charge is 0.306 e. The van der Waals surface area contributed by atoms with Crippen LogP contribution in [0.1, 0.15) is 26.6 Å². The number of hydrogen-bond donors (Lipinski definition) is 1. The second-order valence-electron chi connectivity index (χ2n) is 7.42. The number of anilines is 1. The zero-order valence-electron chi connectivity index (χ0n) is 17.4. The molecule has 1 N–H and O–H groups in total. The van der Waals surface area contributed by atoms with Gasteiger partial charge in [0.25, 0.3) is 5.91 Å². The Kier molecular flexibility index (Phi) is 5.24. The number of hydrogen-bond acceptors (Lipinski definition) is 5. The van der Waals surface area contributed by atoms with Gasteiger partial charge in [0, 0.05) is 22.7 Å². The van der Waals surface area contributed by atoms with Crippen molar-refractivity contribution in [2.75, 3.05) is 5.32 Å². The van der Waals surface area contributed by atoms with Crippen LogP contribution in [0, 0.1) is 13.8 Å². The molecule has 9 heteroatoms. The molecule has 160 valence electrons. The first kappa shape index (κ1) is 20.4. The van der Waals surface area contributed by atoms with E-state index in [2.05, 4.69) is 20.5 Å². The van der Waals surface area contributed by atoms with Crippen LogP contribution in [0.4, 0.5) is 5.82 Å². The third-order valence-electron chi connectivity index (χ3n) is 5.02. The van der Waals surface area contributed by atoms with Crippen LogP contribution in [-0.4, -0.2) is 30.5 Å². The Bertz CT molecular complexity index is 1420. The van der Waals surface area contributed by atoms with Gasteiger partial charge < -0.3 is 5.32 Å². The fourth-order valence-electron chi connectivity index (χ4n) is 3.51. The maximum atomic E-state index is 13.1. The van der Waals surface area contributed by atoms with Crippen LogP contribution in [0.2, 0.25) is 5.02 Å². The predicted octanol–water partition coefficient (Wildman–Crippen LogP) is 5.25. The van der Waals surface area contributed by atoms with Gasteiger partial charge in [0.05, 0.1) is 22.8 Å². The minimum Gasteiger partial charge on any atom is -0.306 e.